The van der Waals surface area contributed by atoms with Gasteiger partial charge in [0.1, 0.15) is 6.42 Å². The van der Waals surface area contributed by atoms with Crippen LogP contribution in [0.5, 0.6) is 0 Å². The van der Waals surface area contributed by atoms with Gasteiger partial charge in [-0.05, 0) is 18.4 Å². The minimum Gasteiger partial charge on any atom is -0.466 e. The maximum absolute atomic E-state index is 11.2. The fourth-order valence-corrected chi connectivity index (χ4v) is 2.04. The number of hydrogen-bond acceptors (Lipinski definition) is 6. The second-order valence-electron chi connectivity index (χ2n) is 3.34. The van der Waals surface area contributed by atoms with Crippen molar-refractivity contribution in [2.45, 2.75) is 19.8 Å². The topological polar surface area (TPSA) is 65.2 Å². The molecule has 0 radical (unpaired) electrons. The van der Waals surface area contributed by atoms with Crippen molar-refractivity contribution < 1.29 is 14.1 Å². The SMILES string of the molecule is CCOC(=O)Cc1nc(Cc2cccs2)no1. The smallest absolute Gasteiger partial charge is 0.315 e. The summed E-state index contributed by atoms with van der Waals surface area (Å²) >= 11 is 1.64. The molecule has 2 aromatic rings. The number of hydrogen-bond donors (Lipinski definition) is 0. The van der Waals surface area contributed by atoms with Crippen molar-refractivity contribution in [3.05, 3.63) is 34.1 Å². The zero-order chi connectivity index (χ0) is 12.1. The Hall–Kier alpha value is -1.69. The van der Waals surface area contributed by atoms with Gasteiger partial charge in [-0.15, -0.1) is 11.3 Å². The Labute approximate surface area is 102 Å². The molecule has 0 fully saturated rings. The molecule has 0 bridgehead atoms. The first kappa shape index (κ1) is 11.8. The highest BCUT2D eigenvalue weighted by Crippen LogP contribution is 2.13. The van der Waals surface area contributed by atoms with Gasteiger partial charge < -0.3 is 9.26 Å². The highest BCUT2D eigenvalue weighted by Gasteiger charge is 2.12. The fourth-order valence-electron chi connectivity index (χ4n) is 1.34. The van der Waals surface area contributed by atoms with Gasteiger partial charge in [-0.2, -0.15) is 4.98 Å². The van der Waals surface area contributed by atoms with Gasteiger partial charge in [0, 0.05) is 11.3 Å². The lowest BCUT2D eigenvalue weighted by Crippen LogP contribution is -2.07. The summed E-state index contributed by atoms with van der Waals surface area (Å²) in [6.07, 6.45) is 0.662. The third-order valence-corrected chi connectivity index (χ3v) is 2.90. The molecule has 0 unspecified atom stereocenters. The van der Waals surface area contributed by atoms with Crippen LogP contribution in [-0.2, 0) is 22.4 Å². The van der Waals surface area contributed by atoms with E-state index in [1.54, 1.807) is 18.3 Å². The van der Waals surface area contributed by atoms with Crippen molar-refractivity contribution in [1.82, 2.24) is 10.1 Å². The molecule has 0 aliphatic heterocycles. The lowest BCUT2D eigenvalue weighted by atomic mass is 10.3. The molecule has 0 aliphatic carbocycles. The molecule has 0 N–H and O–H groups in total. The van der Waals surface area contributed by atoms with Gasteiger partial charge in [-0.3, -0.25) is 4.79 Å². The highest BCUT2D eigenvalue weighted by atomic mass is 32.1. The summed E-state index contributed by atoms with van der Waals surface area (Å²) in [7, 11) is 0. The van der Waals surface area contributed by atoms with Crippen LogP contribution in [-0.4, -0.2) is 22.7 Å². The predicted octanol–water partition coefficient (Wildman–Crippen LogP) is 1.83. The average Bonchev–Trinajstić information content (AvgIpc) is 2.91. The molecule has 6 heteroatoms. The van der Waals surface area contributed by atoms with E-state index in [4.69, 9.17) is 9.26 Å². The Morgan fingerprint density at radius 2 is 2.47 bits per heavy atom. The van der Waals surface area contributed by atoms with E-state index in [0.717, 1.165) is 4.88 Å². The molecule has 0 aliphatic rings. The highest BCUT2D eigenvalue weighted by molar-refractivity contribution is 7.09. The summed E-state index contributed by atoms with van der Waals surface area (Å²) in [6, 6.07) is 3.98. The minimum atomic E-state index is -0.348. The molecule has 2 heterocycles. The van der Waals surface area contributed by atoms with Crippen LogP contribution in [0.25, 0.3) is 0 Å². The number of carbonyl (C=O) groups excluding carboxylic acids is 1. The van der Waals surface area contributed by atoms with E-state index in [9.17, 15) is 4.79 Å². The van der Waals surface area contributed by atoms with Crippen LogP contribution >= 0.6 is 11.3 Å². The zero-order valence-electron chi connectivity index (χ0n) is 9.38. The Kier molecular flexibility index (Phi) is 3.87. The van der Waals surface area contributed by atoms with Gasteiger partial charge in [0.15, 0.2) is 5.82 Å². The lowest BCUT2D eigenvalue weighted by Gasteiger charge is -1.96. The standard InChI is InChI=1S/C11H12N2O3S/c1-2-15-11(14)7-10-12-9(13-16-10)6-8-4-3-5-17-8/h3-5H,2,6-7H2,1H3. The second kappa shape index (κ2) is 5.58. The largest absolute Gasteiger partial charge is 0.466 e. The molecular weight excluding hydrogens is 240 g/mol. The van der Waals surface area contributed by atoms with Crippen molar-refractivity contribution >= 4 is 17.3 Å². The third kappa shape index (κ3) is 3.39. The number of thiophene rings is 1. The average molecular weight is 252 g/mol. The molecular formula is C11H12N2O3S. The number of esters is 1. The molecule has 17 heavy (non-hydrogen) atoms. The first-order valence-electron chi connectivity index (χ1n) is 5.27. The van der Waals surface area contributed by atoms with Gasteiger partial charge in [0.2, 0.25) is 5.89 Å². The van der Waals surface area contributed by atoms with E-state index >= 15 is 0 Å². The number of carbonyl (C=O) groups is 1. The van der Waals surface area contributed by atoms with Crippen molar-refractivity contribution in [2.24, 2.45) is 0 Å². The van der Waals surface area contributed by atoms with Crippen molar-refractivity contribution in [3.63, 3.8) is 0 Å². The molecule has 0 saturated heterocycles. The van der Waals surface area contributed by atoms with E-state index in [0.29, 0.717) is 24.7 Å². The summed E-state index contributed by atoms with van der Waals surface area (Å²) in [4.78, 5) is 16.5. The summed E-state index contributed by atoms with van der Waals surface area (Å²) in [5.41, 5.74) is 0. The number of rotatable bonds is 5. The summed E-state index contributed by atoms with van der Waals surface area (Å²) < 4.78 is 9.77. The van der Waals surface area contributed by atoms with Gasteiger partial charge in [0.25, 0.3) is 0 Å². The van der Waals surface area contributed by atoms with Crippen LogP contribution in [0.15, 0.2) is 22.0 Å². The molecule has 0 aromatic carbocycles. The lowest BCUT2D eigenvalue weighted by molar-refractivity contribution is -0.142. The van der Waals surface area contributed by atoms with Crippen LogP contribution in [0.3, 0.4) is 0 Å². The monoisotopic (exact) mass is 252 g/mol. The first-order valence-corrected chi connectivity index (χ1v) is 6.15. The van der Waals surface area contributed by atoms with Crippen molar-refractivity contribution in [2.75, 3.05) is 6.61 Å². The minimum absolute atomic E-state index is 0.0330. The summed E-state index contributed by atoms with van der Waals surface area (Å²) in [6.45, 7) is 2.11. The zero-order valence-corrected chi connectivity index (χ0v) is 10.2. The van der Waals surface area contributed by atoms with E-state index in [-0.39, 0.29) is 12.4 Å². The van der Waals surface area contributed by atoms with E-state index < -0.39 is 0 Å². The summed E-state index contributed by atoms with van der Waals surface area (Å²) in [5, 5.41) is 5.81. The molecule has 90 valence electrons. The molecule has 2 aromatic heterocycles. The van der Waals surface area contributed by atoms with Crippen LogP contribution in [0.2, 0.25) is 0 Å². The van der Waals surface area contributed by atoms with Gasteiger partial charge >= 0.3 is 5.97 Å². The third-order valence-electron chi connectivity index (χ3n) is 2.02. The second-order valence-corrected chi connectivity index (χ2v) is 4.37. The maximum atomic E-state index is 11.2. The van der Waals surface area contributed by atoms with Gasteiger partial charge in [0.05, 0.1) is 6.61 Å². The van der Waals surface area contributed by atoms with Gasteiger partial charge in [-0.25, -0.2) is 0 Å². The number of aromatic nitrogens is 2. The maximum Gasteiger partial charge on any atom is 0.315 e. The van der Waals surface area contributed by atoms with Crippen molar-refractivity contribution in [3.8, 4) is 0 Å². The molecule has 2 rings (SSSR count). The van der Waals surface area contributed by atoms with Crippen molar-refractivity contribution in [1.29, 1.82) is 0 Å². The Balaban J connectivity index is 1.94. The number of nitrogens with zero attached hydrogens (tertiary/aromatic N) is 2. The van der Waals surface area contributed by atoms with E-state index in [2.05, 4.69) is 10.1 Å². The molecule has 0 atom stereocenters. The predicted molar refractivity (Wildman–Crippen MR) is 61.8 cm³/mol. The van der Waals surface area contributed by atoms with Gasteiger partial charge in [-0.1, -0.05) is 11.2 Å². The van der Waals surface area contributed by atoms with E-state index in [1.807, 2.05) is 17.5 Å². The normalized spacial score (nSPS) is 10.4. The van der Waals surface area contributed by atoms with Crippen LogP contribution in [0.1, 0.15) is 23.5 Å². The quantitative estimate of drug-likeness (QED) is 0.759. The Morgan fingerprint density at radius 3 is 3.18 bits per heavy atom. The van der Waals surface area contributed by atoms with E-state index in [1.165, 1.54) is 0 Å². The van der Waals surface area contributed by atoms with Crippen LogP contribution in [0, 0.1) is 0 Å². The summed E-state index contributed by atoms with van der Waals surface area (Å²) in [5.74, 6) is 0.542. The fraction of sp³-hybridized carbons (Fsp3) is 0.364. The Morgan fingerprint density at radius 1 is 1.59 bits per heavy atom. The first-order chi connectivity index (χ1) is 8.28. The Bertz CT molecular complexity index is 479. The number of ether oxygens (including phenoxy) is 1. The molecule has 0 spiro atoms. The molecule has 5 nitrogen and oxygen atoms in total. The van der Waals surface area contributed by atoms with Crippen LogP contribution in [0.4, 0.5) is 0 Å². The van der Waals surface area contributed by atoms with Crippen LogP contribution < -0.4 is 0 Å². The molecule has 0 saturated carbocycles. The molecule has 0 amide bonds.